The number of aliphatic imine (C=N–C) groups is 1. The molecule has 0 unspecified atom stereocenters. The lowest BCUT2D eigenvalue weighted by molar-refractivity contribution is -0.131. The van der Waals surface area contributed by atoms with Gasteiger partial charge in [0.25, 0.3) is 5.91 Å². The van der Waals surface area contributed by atoms with Crippen LogP contribution in [0.4, 0.5) is 5.69 Å². The van der Waals surface area contributed by atoms with E-state index in [4.69, 9.17) is 0 Å². The Hall–Kier alpha value is -1.82. The molecular formula is C18H23N3O2S. The molecule has 0 aromatic heterocycles. The molecule has 0 N–H and O–H groups in total. The summed E-state index contributed by atoms with van der Waals surface area (Å²) in [5.74, 6) is 0.428. The van der Waals surface area contributed by atoms with E-state index in [0.717, 1.165) is 30.6 Å². The summed E-state index contributed by atoms with van der Waals surface area (Å²) in [4.78, 5) is 32.6. The average molecular weight is 345 g/mol. The van der Waals surface area contributed by atoms with E-state index < -0.39 is 0 Å². The van der Waals surface area contributed by atoms with E-state index in [1.807, 2.05) is 36.1 Å². The Kier molecular flexibility index (Phi) is 5.23. The zero-order chi connectivity index (χ0) is 17.1. The molecule has 2 aliphatic heterocycles. The molecule has 0 saturated carbocycles. The maximum absolute atomic E-state index is 12.5. The van der Waals surface area contributed by atoms with Gasteiger partial charge in [0.1, 0.15) is 6.54 Å². The zero-order valence-corrected chi connectivity index (χ0v) is 15.0. The predicted molar refractivity (Wildman–Crippen MR) is 98.5 cm³/mol. The second kappa shape index (κ2) is 7.38. The van der Waals surface area contributed by atoms with Crippen LogP contribution in [0.3, 0.4) is 0 Å². The monoisotopic (exact) mass is 345 g/mol. The van der Waals surface area contributed by atoms with E-state index in [-0.39, 0.29) is 18.4 Å². The van der Waals surface area contributed by atoms with Crippen molar-refractivity contribution in [1.82, 2.24) is 4.90 Å². The molecule has 24 heavy (non-hydrogen) atoms. The highest BCUT2D eigenvalue weighted by Gasteiger charge is 2.29. The second-order valence-corrected chi connectivity index (χ2v) is 7.33. The third-order valence-corrected chi connectivity index (χ3v) is 5.49. The fourth-order valence-corrected chi connectivity index (χ4v) is 4.03. The summed E-state index contributed by atoms with van der Waals surface area (Å²) in [6.07, 6.45) is 3.35. The first kappa shape index (κ1) is 17.0. The van der Waals surface area contributed by atoms with Crippen molar-refractivity contribution in [2.45, 2.75) is 39.2 Å². The lowest BCUT2D eigenvalue weighted by Crippen LogP contribution is -2.43. The predicted octanol–water partition coefficient (Wildman–Crippen LogP) is 2.83. The number of anilines is 1. The van der Waals surface area contributed by atoms with Gasteiger partial charge in [-0.05, 0) is 45.2 Å². The smallest absolute Gasteiger partial charge is 0.254 e. The molecule has 1 aromatic carbocycles. The zero-order valence-electron chi connectivity index (χ0n) is 14.2. The van der Waals surface area contributed by atoms with Crippen molar-refractivity contribution < 1.29 is 9.59 Å². The molecule has 0 bridgehead atoms. The molecule has 6 heteroatoms. The highest BCUT2D eigenvalue weighted by Crippen LogP contribution is 2.25. The van der Waals surface area contributed by atoms with E-state index in [1.54, 1.807) is 4.90 Å². The molecule has 1 fully saturated rings. The van der Waals surface area contributed by atoms with Gasteiger partial charge < -0.3 is 4.90 Å². The molecule has 0 spiro atoms. The molecule has 2 heterocycles. The number of aryl methyl sites for hydroxylation is 1. The average Bonchev–Trinajstić information content (AvgIpc) is 2.95. The largest absolute Gasteiger partial charge is 0.339 e. The summed E-state index contributed by atoms with van der Waals surface area (Å²) in [6.45, 7) is 5.12. The van der Waals surface area contributed by atoms with Gasteiger partial charge in [-0.2, -0.15) is 0 Å². The maximum Gasteiger partial charge on any atom is 0.254 e. The minimum Gasteiger partial charge on any atom is -0.339 e. The van der Waals surface area contributed by atoms with Gasteiger partial charge >= 0.3 is 0 Å². The lowest BCUT2D eigenvalue weighted by atomic mass is 10.0. The molecule has 2 aliphatic rings. The van der Waals surface area contributed by atoms with Gasteiger partial charge in [0, 0.05) is 12.6 Å². The number of hydrogen-bond acceptors (Lipinski definition) is 4. The van der Waals surface area contributed by atoms with Crippen molar-refractivity contribution in [3.05, 3.63) is 29.8 Å². The molecule has 1 saturated heterocycles. The number of nitrogens with zero attached hydrogens (tertiary/aromatic N) is 3. The van der Waals surface area contributed by atoms with E-state index >= 15 is 0 Å². The number of rotatable bonds is 3. The standard InChI is InChI=1S/C18H23N3O2S/c1-13-6-8-15(9-7-13)21-16(22)11-19-18(21)24-12-17(23)20-10-4-3-5-14(20)2/h6-9,14H,3-5,10-12H2,1-2H3/t14-/m0/s1. The van der Waals surface area contributed by atoms with Crippen molar-refractivity contribution >= 4 is 34.4 Å². The minimum absolute atomic E-state index is 0.0415. The van der Waals surface area contributed by atoms with Crippen molar-refractivity contribution in [1.29, 1.82) is 0 Å². The topological polar surface area (TPSA) is 53.0 Å². The lowest BCUT2D eigenvalue weighted by Gasteiger charge is -2.33. The first-order valence-electron chi connectivity index (χ1n) is 8.42. The maximum atomic E-state index is 12.5. The molecule has 1 aromatic rings. The Labute approximate surface area is 147 Å². The van der Waals surface area contributed by atoms with E-state index in [2.05, 4.69) is 11.9 Å². The molecule has 128 valence electrons. The molecule has 0 aliphatic carbocycles. The molecule has 2 amide bonds. The molecule has 5 nitrogen and oxygen atoms in total. The summed E-state index contributed by atoms with van der Waals surface area (Å²) in [6, 6.07) is 8.10. The Morgan fingerprint density at radius 2 is 2.04 bits per heavy atom. The minimum atomic E-state index is -0.0415. The molecular weight excluding hydrogens is 322 g/mol. The Bertz CT molecular complexity index is 657. The van der Waals surface area contributed by atoms with E-state index in [0.29, 0.717) is 17.0 Å². The van der Waals surface area contributed by atoms with Crippen LogP contribution in [-0.4, -0.2) is 46.8 Å². The Morgan fingerprint density at radius 3 is 2.75 bits per heavy atom. The third kappa shape index (κ3) is 3.64. The van der Waals surface area contributed by atoms with Crippen LogP contribution in [0.25, 0.3) is 0 Å². The van der Waals surface area contributed by atoms with Crippen LogP contribution in [-0.2, 0) is 9.59 Å². The highest BCUT2D eigenvalue weighted by atomic mass is 32.2. The number of carbonyl (C=O) groups is 2. The van der Waals surface area contributed by atoms with Gasteiger partial charge in [-0.1, -0.05) is 29.5 Å². The van der Waals surface area contributed by atoms with Crippen LogP contribution in [0, 0.1) is 6.92 Å². The van der Waals surface area contributed by atoms with Crippen LogP contribution in [0.15, 0.2) is 29.3 Å². The number of amides is 2. The van der Waals surface area contributed by atoms with Gasteiger partial charge in [-0.25, -0.2) is 0 Å². The van der Waals surface area contributed by atoms with Gasteiger partial charge in [-0.3, -0.25) is 19.5 Å². The number of amidine groups is 1. The number of likely N-dealkylation sites (tertiary alicyclic amines) is 1. The van der Waals surface area contributed by atoms with Crippen molar-refractivity contribution in [2.75, 3.05) is 23.7 Å². The first-order chi connectivity index (χ1) is 11.6. The summed E-state index contributed by atoms with van der Waals surface area (Å²) >= 11 is 1.36. The van der Waals surface area contributed by atoms with Gasteiger partial charge in [0.05, 0.1) is 11.4 Å². The molecule has 3 rings (SSSR count). The second-order valence-electron chi connectivity index (χ2n) is 6.38. The summed E-state index contributed by atoms with van der Waals surface area (Å²) in [5.41, 5.74) is 1.96. The van der Waals surface area contributed by atoms with Gasteiger partial charge in [-0.15, -0.1) is 0 Å². The fraction of sp³-hybridized carbons (Fsp3) is 0.500. The van der Waals surface area contributed by atoms with Gasteiger partial charge in [0.2, 0.25) is 5.91 Å². The fourth-order valence-electron chi connectivity index (χ4n) is 3.12. The quantitative estimate of drug-likeness (QED) is 0.846. The van der Waals surface area contributed by atoms with Crippen molar-refractivity contribution in [3.8, 4) is 0 Å². The van der Waals surface area contributed by atoms with Crippen LogP contribution < -0.4 is 4.90 Å². The Morgan fingerprint density at radius 1 is 1.29 bits per heavy atom. The number of carbonyl (C=O) groups excluding carboxylic acids is 2. The molecule has 1 atom stereocenters. The van der Waals surface area contributed by atoms with Crippen LogP contribution in [0.1, 0.15) is 31.7 Å². The number of hydrogen-bond donors (Lipinski definition) is 0. The van der Waals surface area contributed by atoms with E-state index in [9.17, 15) is 9.59 Å². The van der Waals surface area contributed by atoms with Crippen molar-refractivity contribution in [2.24, 2.45) is 4.99 Å². The van der Waals surface area contributed by atoms with Crippen molar-refractivity contribution in [3.63, 3.8) is 0 Å². The number of benzene rings is 1. The van der Waals surface area contributed by atoms with Gasteiger partial charge in [0.15, 0.2) is 5.17 Å². The normalized spacial score (nSPS) is 21.2. The highest BCUT2D eigenvalue weighted by molar-refractivity contribution is 8.14. The number of piperidine rings is 1. The summed E-state index contributed by atoms with van der Waals surface area (Å²) < 4.78 is 0. The van der Waals surface area contributed by atoms with Crippen LogP contribution in [0.2, 0.25) is 0 Å². The van der Waals surface area contributed by atoms with E-state index in [1.165, 1.54) is 18.2 Å². The number of thioether (sulfide) groups is 1. The van der Waals surface area contributed by atoms with Crippen LogP contribution >= 0.6 is 11.8 Å². The molecule has 0 radical (unpaired) electrons. The first-order valence-corrected chi connectivity index (χ1v) is 9.41. The third-order valence-electron chi connectivity index (χ3n) is 4.53. The SMILES string of the molecule is Cc1ccc(N2C(=O)CN=C2SCC(=O)N2CCCC[C@@H]2C)cc1. The Balaban J connectivity index is 1.64. The van der Waals surface area contributed by atoms with Crippen LogP contribution in [0.5, 0.6) is 0 Å². The summed E-state index contributed by atoms with van der Waals surface area (Å²) in [5, 5.41) is 0.627. The summed E-state index contributed by atoms with van der Waals surface area (Å²) in [7, 11) is 0.